The van der Waals surface area contributed by atoms with E-state index in [1.807, 2.05) is 0 Å². The van der Waals surface area contributed by atoms with Gasteiger partial charge in [0.05, 0.1) is 52.8 Å². The molecule has 0 aromatic heterocycles. The smallest absolute Gasteiger partial charge is 0.338 e. The van der Waals surface area contributed by atoms with Crippen molar-refractivity contribution >= 4 is 12.0 Å². The van der Waals surface area contributed by atoms with Gasteiger partial charge in [-0.15, -0.1) is 0 Å². The Bertz CT molecular complexity index is 979. The molecule has 11 nitrogen and oxygen atoms in total. The number of nitrogens with zero attached hydrogens (tertiary/aromatic N) is 1. The number of nitrogens with one attached hydrogen (secondary N) is 2. The van der Waals surface area contributed by atoms with E-state index in [0.717, 1.165) is 0 Å². The molecule has 35 heavy (non-hydrogen) atoms. The predicted octanol–water partition coefficient (Wildman–Crippen LogP) is 1.72. The molecule has 2 amide bonds. The third-order valence-electron chi connectivity index (χ3n) is 6.51. The summed E-state index contributed by atoms with van der Waals surface area (Å²) >= 11 is 0. The first-order valence-electron chi connectivity index (χ1n) is 11.7. The number of carbonyl (C=O) groups is 2. The molecule has 2 N–H and O–H groups in total. The lowest BCUT2D eigenvalue weighted by molar-refractivity contribution is -0.184. The number of methoxy groups -OCH3 is 3. The van der Waals surface area contributed by atoms with E-state index in [1.54, 1.807) is 19.1 Å². The number of piperidine rings is 1. The Labute approximate surface area is 204 Å². The van der Waals surface area contributed by atoms with E-state index in [2.05, 4.69) is 15.5 Å². The maximum Gasteiger partial charge on any atom is 0.338 e. The molecule has 0 bridgehead atoms. The molecule has 0 saturated carbocycles. The van der Waals surface area contributed by atoms with Crippen molar-refractivity contribution in [3.8, 4) is 17.2 Å². The minimum atomic E-state index is -0.815. The lowest BCUT2D eigenvalue weighted by atomic mass is 9.93. The third kappa shape index (κ3) is 5.02. The highest BCUT2D eigenvalue weighted by molar-refractivity contribution is 5.95. The zero-order valence-corrected chi connectivity index (χ0v) is 20.6. The van der Waals surface area contributed by atoms with Crippen molar-refractivity contribution in [3.05, 3.63) is 29.0 Å². The summed E-state index contributed by atoms with van der Waals surface area (Å²) in [5.74, 6) is 0.155. The van der Waals surface area contributed by atoms with Crippen molar-refractivity contribution < 1.29 is 38.0 Å². The first-order chi connectivity index (χ1) is 16.9. The maximum atomic E-state index is 13.2. The number of carbonyl (C=O) groups excluding carboxylic acids is 2. The van der Waals surface area contributed by atoms with Crippen LogP contribution in [0.3, 0.4) is 0 Å². The van der Waals surface area contributed by atoms with Crippen LogP contribution in [0.4, 0.5) is 4.79 Å². The molecule has 1 spiro atoms. The van der Waals surface area contributed by atoms with Gasteiger partial charge in [-0.3, -0.25) is 4.90 Å². The highest BCUT2D eigenvalue weighted by atomic mass is 16.7. The summed E-state index contributed by atoms with van der Waals surface area (Å²) in [5.41, 5.74) is 1.34. The molecule has 192 valence electrons. The average Bonchev–Trinajstić information content (AvgIpc) is 3.32. The summed E-state index contributed by atoms with van der Waals surface area (Å²) in [4.78, 5) is 28.1. The Hall–Kier alpha value is -3.02. The average molecular weight is 492 g/mol. The third-order valence-corrected chi connectivity index (χ3v) is 6.51. The molecular formula is C24H33N3O8. The lowest BCUT2D eigenvalue weighted by Gasteiger charge is -2.39. The Morgan fingerprint density at radius 2 is 1.77 bits per heavy atom. The van der Waals surface area contributed by atoms with Gasteiger partial charge in [0, 0.05) is 43.7 Å². The van der Waals surface area contributed by atoms with E-state index in [0.29, 0.717) is 79.8 Å². The highest BCUT2D eigenvalue weighted by Crippen LogP contribution is 2.44. The molecule has 2 fully saturated rings. The zero-order chi connectivity index (χ0) is 25.0. The second-order valence-electron chi connectivity index (χ2n) is 8.45. The van der Waals surface area contributed by atoms with Gasteiger partial charge in [0.2, 0.25) is 5.75 Å². The molecule has 4 rings (SSSR count). The van der Waals surface area contributed by atoms with Crippen molar-refractivity contribution in [1.82, 2.24) is 15.5 Å². The first kappa shape index (κ1) is 25.1. The van der Waals surface area contributed by atoms with Crippen molar-refractivity contribution in [2.45, 2.75) is 31.6 Å². The monoisotopic (exact) mass is 491 g/mol. The van der Waals surface area contributed by atoms with Gasteiger partial charge in [-0.25, -0.2) is 9.59 Å². The molecule has 3 aliphatic rings. The van der Waals surface area contributed by atoms with Crippen LogP contribution in [0.15, 0.2) is 23.4 Å². The fourth-order valence-corrected chi connectivity index (χ4v) is 4.84. The van der Waals surface area contributed by atoms with E-state index in [9.17, 15) is 9.59 Å². The molecule has 0 aliphatic carbocycles. The van der Waals surface area contributed by atoms with Gasteiger partial charge < -0.3 is 39.1 Å². The van der Waals surface area contributed by atoms with Gasteiger partial charge in [0.25, 0.3) is 0 Å². The molecule has 3 heterocycles. The second kappa shape index (κ2) is 10.7. The molecular weight excluding hydrogens is 458 g/mol. The molecule has 1 aromatic carbocycles. The van der Waals surface area contributed by atoms with Crippen LogP contribution in [0.5, 0.6) is 17.2 Å². The Morgan fingerprint density at radius 3 is 2.37 bits per heavy atom. The number of hydrogen-bond acceptors (Lipinski definition) is 9. The quantitative estimate of drug-likeness (QED) is 0.524. The highest BCUT2D eigenvalue weighted by Gasteiger charge is 2.41. The number of ether oxygens (including phenoxy) is 6. The SMILES string of the molecule is CCOC(=O)C1=C(CN2CCC3(CC2)OCCO3)NC(=O)N[C@H]1c1ccc(OC)c(OC)c1OC. The van der Waals surface area contributed by atoms with E-state index >= 15 is 0 Å². The number of amides is 2. The van der Waals surface area contributed by atoms with Gasteiger partial charge in [-0.1, -0.05) is 0 Å². The molecule has 0 unspecified atom stereocenters. The van der Waals surface area contributed by atoms with E-state index < -0.39 is 23.8 Å². The van der Waals surface area contributed by atoms with Crippen molar-refractivity contribution in [1.29, 1.82) is 0 Å². The van der Waals surface area contributed by atoms with Crippen LogP contribution in [0.2, 0.25) is 0 Å². The van der Waals surface area contributed by atoms with Gasteiger partial charge in [0.1, 0.15) is 0 Å². The summed E-state index contributed by atoms with van der Waals surface area (Å²) in [5, 5.41) is 5.68. The van der Waals surface area contributed by atoms with Gasteiger partial charge in [-0.2, -0.15) is 0 Å². The lowest BCUT2D eigenvalue weighted by Crippen LogP contribution is -2.51. The first-order valence-corrected chi connectivity index (χ1v) is 11.7. The van der Waals surface area contributed by atoms with Crippen molar-refractivity contribution in [2.75, 3.05) is 60.8 Å². The minimum Gasteiger partial charge on any atom is -0.493 e. The molecule has 1 atom stereocenters. The number of urea groups is 1. The molecule has 0 radical (unpaired) electrons. The Kier molecular flexibility index (Phi) is 7.68. The largest absolute Gasteiger partial charge is 0.493 e. The van der Waals surface area contributed by atoms with Crippen molar-refractivity contribution in [2.24, 2.45) is 0 Å². The maximum absolute atomic E-state index is 13.2. The summed E-state index contributed by atoms with van der Waals surface area (Å²) in [6.45, 7) is 4.92. The summed E-state index contributed by atoms with van der Waals surface area (Å²) in [6.07, 6.45) is 1.43. The van der Waals surface area contributed by atoms with E-state index in [-0.39, 0.29) is 6.61 Å². The standard InChI is InChI=1S/C24H33N3O8/c1-5-33-22(28)18-16(14-27-10-8-24(9-11-27)34-12-13-35-24)25-23(29)26-19(18)15-6-7-17(30-2)21(32-4)20(15)31-3/h6-7,19H,5,8-14H2,1-4H3,(H2,25,26,29)/t19-/m0/s1. The zero-order valence-electron chi connectivity index (χ0n) is 20.6. The molecule has 2 saturated heterocycles. The number of likely N-dealkylation sites (tertiary alicyclic amines) is 1. The van der Waals surface area contributed by atoms with E-state index in [1.165, 1.54) is 21.3 Å². The fourth-order valence-electron chi connectivity index (χ4n) is 4.84. The molecule has 11 heteroatoms. The fraction of sp³-hybridized carbons (Fsp3) is 0.583. The normalized spacial score (nSPS) is 21.9. The van der Waals surface area contributed by atoms with Crippen LogP contribution in [0.25, 0.3) is 0 Å². The summed E-state index contributed by atoms with van der Waals surface area (Å²) < 4.78 is 33.6. The van der Waals surface area contributed by atoms with Crippen LogP contribution in [0, 0.1) is 0 Å². The van der Waals surface area contributed by atoms with E-state index in [4.69, 9.17) is 28.4 Å². The van der Waals surface area contributed by atoms with Gasteiger partial charge in [-0.05, 0) is 19.1 Å². The van der Waals surface area contributed by atoms with Crippen LogP contribution in [0.1, 0.15) is 31.4 Å². The number of benzene rings is 1. The predicted molar refractivity (Wildman–Crippen MR) is 124 cm³/mol. The Balaban J connectivity index is 1.70. The minimum absolute atomic E-state index is 0.195. The molecule has 3 aliphatic heterocycles. The van der Waals surface area contributed by atoms with Crippen molar-refractivity contribution in [3.63, 3.8) is 0 Å². The van der Waals surface area contributed by atoms with Crippen LogP contribution in [-0.4, -0.2) is 83.5 Å². The number of hydrogen-bond donors (Lipinski definition) is 2. The number of esters is 1. The topological polar surface area (TPSA) is 117 Å². The summed E-state index contributed by atoms with van der Waals surface area (Å²) in [7, 11) is 4.52. The molecule has 1 aromatic rings. The van der Waals surface area contributed by atoms with Gasteiger partial charge >= 0.3 is 12.0 Å². The van der Waals surface area contributed by atoms with Gasteiger partial charge in [0.15, 0.2) is 17.3 Å². The van der Waals surface area contributed by atoms with Crippen LogP contribution < -0.4 is 24.8 Å². The van der Waals surface area contributed by atoms with Crippen LogP contribution in [-0.2, 0) is 19.0 Å². The Morgan fingerprint density at radius 1 is 1.09 bits per heavy atom. The van der Waals surface area contributed by atoms with Crippen LogP contribution >= 0.6 is 0 Å². The number of rotatable bonds is 8. The second-order valence-corrected chi connectivity index (χ2v) is 8.45. The summed E-state index contributed by atoms with van der Waals surface area (Å²) in [6, 6.07) is 2.21.